The van der Waals surface area contributed by atoms with Gasteiger partial charge in [-0.1, -0.05) is 0 Å². The van der Waals surface area contributed by atoms with Crippen molar-refractivity contribution in [2.24, 2.45) is 0 Å². The Labute approximate surface area is 184 Å². The SMILES string of the molecule is COc1cc(NC(=O)Cn2c(-c3ccc(F)cc3)nc(C)c(CCO)c2=O)cc(OC)c1. The van der Waals surface area contributed by atoms with E-state index in [1.807, 2.05) is 0 Å². The highest BCUT2D eigenvalue weighted by Gasteiger charge is 2.18. The van der Waals surface area contributed by atoms with Gasteiger partial charge < -0.3 is 19.9 Å². The number of ether oxygens (including phenoxy) is 2. The first kappa shape index (κ1) is 23.0. The number of anilines is 1. The molecule has 0 aliphatic carbocycles. The third kappa shape index (κ3) is 5.12. The second-order valence-corrected chi connectivity index (χ2v) is 7.02. The molecule has 1 aromatic heterocycles. The van der Waals surface area contributed by atoms with Crippen LogP contribution in [0.25, 0.3) is 11.4 Å². The van der Waals surface area contributed by atoms with Crippen LogP contribution >= 0.6 is 0 Å². The number of hydrogen-bond acceptors (Lipinski definition) is 6. The van der Waals surface area contributed by atoms with Crippen LogP contribution in [0.2, 0.25) is 0 Å². The molecule has 9 heteroatoms. The minimum atomic E-state index is -0.480. The number of aromatic nitrogens is 2. The van der Waals surface area contributed by atoms with Gasteiger partial charge in [0.2, 0.25) is 5.91 Å². The fraction of sp³-hybridized carbons (Fsp3) is 0.261. The molecule has 0 atom stereocenters. The highest BCUT2D eigenvalue weighted by Crippen LogP contribution is 2.26. The van der Waals surface area contributed by atoms with E-state index in [0.29, 0.717) is 34.0 Å². The highest BCUT2D eigenvalue weighted by atomic mass is 19.1. The first-order chi connectivity index (χ1) is 15.4. The number of hydrogen-bond donors (Lipinski definition) is 2. The molecule has 8 nitrogen and oxygen atoms in total. The van der Waals surface area contributed by atoms with Gasteiger partial charge in [0.15, 0.2) is 0 Å². The summed E-state index contributed by atoms with van der Waals surface area (Å²) >= 11 is 0. The number of nitrogens with one attached hydrogen (secondary N) is 1. The Balaban J connectivity index is 2.00. The summed E-state index contributed by atoms with van der Waals surface area (Å²) in [6, 6.07) is 10.4. The Morgan fingerprint density at radius 3 is 2.31 bits per heavy atom. The molecule has 0 radical (unpaired) electrons. The Morgan fingerprint density at radius 2 is 1.75 bits per heavy atom. The topological polar surface area (TPSA) is 103 Å². The van der Waals surface area contributed by atoms with E-state index in [-0.39, 0.29) is 25.4 Å². The van der Waals surface area contributed by atoms with Crippen LogP contribution in [0, 0.1) is 12.7 Å². The van der Waals surface area contributed by atoms with E-state index in [1.54, 1.807) is 25.1 Å². The van der Waals surface area contributed by atoms with Gasteiger partial charge in [-0.15, -0.1) is 0 Å². The maximum Gasteiger partial charge on any atom is 0.257 e. The molecule has 0 saturated heterocycles. The summed E-state index contributed by atoms with van der Waals surface area (Å²) in [5.74, 6) is 0.303. The maximum atomic E-state index is 13.4. The van der Waals surface area contributed by atoms with Crippen LogP contribution in [0.1, 0.15) is 11.3 Å². The average Bonchev–Trinajstić information content (AvgIpc) is 2.78. The first-order valence-corrected chi connectivity index (χ1v) is 9.86. The molecule has 0 aliphatic heterocycles. The van der Waals surface area contributed by atoms with Crippen molar-refractivity contribution in [1.82, 2.24) is 9.55 Å². The van der Waals surface area contributed by atoms with E-state index in [9.17, 15) is 19.1 Å². The number of aryl methyl sites for hydroxylation is 1. The first-order valence-electron chi connectivity index (χ1n) is 9.86. The average molecular weight is 441 g/mol. The number of methoxy groups -OCH3 is 2. The normalized spacial score (nSPS) is 10.7. The van der Waals surface area contributed by atoms with Crippen LogP contribution in [-0.2, 0) is 17.8 Å². The number of nitrogens with zero attached hydrogens (tertiary/aromatic N) is 2. The van der Waals surface area contributed by atoms with Gasteiger partial charge in [0.1, 0.15) is 29.7 Å². The lowest BCUT2D eigenvalue weighted by Crippen LogP contribution is -2.33. The van der Waals surface area contributed by atoms with Crippen LogP contribution in [0.4, 0.5) is 10.1 Å². The Kier molecular flexibility index (Phi) is 7.21. The molecule has 0 fully saturated rings. The van der Waals surface area contributed by atoms with Gasteiger partial charge in [-0.2, -0.15) is 0 Å². The molecule has 1 heterocycles. The summed E-state index contributed by atoms with van der Waals surface area (Å²) in [5.41, 5.74) is 1.23. The monoisotopic (exact) mass is 441 g/mol. The molecule has 0 aliphatic rings. The highest BCUT2D eigenvalue weighted by molar-refractivity contribution is 5.91. The minimum absolute atomic E-state index is 0.107. The van der Waals surface area contributed by atoms with Crippen LogP contribution in [-0.4, -0.2) is 41.4 Å². The Hall–Kier alpha value is -3.72. The molecule has 1 amide bonds. The fourth-order valence-electron chi connectivity index (χ4n) is 3.29. The van der Waals surface area contributed by atoms with Crippen LogP contribution in [0.5, 0.6) is 11.5 Å². The molecule has 32 heavy (non-hydrogen) atoms. The fourth-order valence-corrected chi connectivity index (χ4v) is 3.29. The zero-order chi connectivity index (χ0) is 23.3. The molecule has 0 spiro atoms. The molecule has 0 bridgehead atoms. The zero-order valence-corrected chi connectivity index (χ0v) is 18.0. The number of aliphatic hydroxyl groups is 1. The third-order valence-electron chi connectivity index (χ3n) is 4.87. The summed E-state index contributed by atoms with van der Waals surface area (Å²) in [4.78, 5) is 30.5. The number of carbonyl (C=O) groups is 1. The summed E-state index contributed by atoms with van der Waals surface area (Å²) in [6.45, 7) is 1.09. The predicted molar refractivity (Wildman–Crippen MR) is 118 cm³/mol. The smallest absolute Gasteiger partial charge is 0.257 e. The number of amides is 1. The number of aliphatic hydroxyl groups excluding tert-OH is 1. The van der Waals surface area contributed by atoms with Crippen molar-refractivity contribution in [2.75, 3.05) is 26.1 Å². The number of benzene rings is 2. The van der Waals surface area contributed by atoms with Crippen LogP contribution in [0.3, 0.4) is 0 Å². The van der Waals surface area contributed by atoms with E-state index in [2.05, 4.69) is 10.3 Å². The second kappa shape index (κ2) is 10.1. The molecule has 0 saturated carbocycles. The quantitative estimate of drug-likeness (QED) is 0.557. The molecule has 3 aromatic rings. The molecule has 3 rings (SSSR count). The minimum Gasteiger partial charge on any atom is -0.497 e. The molecular formula is C23H24FN3O5. The molecule has 2 N–H and O–H groups in total. The van der Waals surface area contributed by atoms with Gasteiger partial charge in [-0.25, -0.2) is 9.37 Å². The van der Waals surface area contributed by atoms with Gasteiger partial charge in [0.25, 0.3) is 5.56 Å². The van der Waals surface area contributed by atoms with Crippen LogP contribution in [0.15, 0.2) is 47.3 Å². The van der Waals surface area contributed by atoms with Crippen molar-refractivity contribution in [3.63, 3.8) is 0 Å². The summed E-state index contributed by atoms with van der Waals surface area (Å²) < 4.78 is 25.0. The Morgan fingerprint density at radius 1 is 1.12 bits per heavy atom. The van der Waals surface area contributed by atoms with Gasteiger partial charge in [-0.3, -0.25) is 14.2 Å². The number of carbonyl (C=O) groups excluding carboxylic acids is 1. The van der Waals surface area contributed by atoms with Gasteiger partial charge in [0.05, 0.1) is 14.2 Å². The summed E-state index contributed by atoms with van der Waals surface area (Å²) in [5, 5.41) is 12.1. The van der Waals surface area contributed by atoms with Gasteiger partial charge in [0, 0.05) is 53.7 Å². The van der Waals surface area contributed by atoms with Gasteiger partial charge >= 0.3 is 0 Å². The number of rotatable bonds is 8. The lowest BCUT2D eigenvalue weighted by Gasteiger charge is -2.16. The summed E-state index contributed by atoms with van der Waals surface area (Å²) in [7, 11) is 2.99. The van der Waals surface area contributed by atoms with Crippen molar-refractivity contribution >= 4 is 11.6 Å². The zero-order valence-electron chi connectivity index (χ0n) is 18.0. The van der Waals surface area contributed by atoms with Crippen molar-refractivity contribution in [1.29, 1.82) is 0 Å². The number of halogens is 1. The molecular weight excluding hydrogens is 417 g/mol. The van der Waals surface area contributed by atoms with E-state index >= 15 is 0 Å². The predicted octanol–water partition coefficient (Wildman–Crippen LogP) is 2.55. The molecule has 168 valence electrons. The lowest BCUT2D eigenvalue weighted by molar-refractivity contribution is -0.116. The second-order valence-electron chi connectivity index (χ2n) is 7.02. The largest absolute Gasteiger partial charge is 0.497 e. The van der Waals surface area contributed by atoms with E-state index in [0.717, 1.165) is 0 Å². The summed E-state index contributed by atoms with van der Waals surface area (Å²) in [6.07, 6.45) is 0.107. The van der Waals surface area contributed by atoms with Crippen LogP contribution < -0.4 is 20.3 Å². The molecule has 0 unspecified atom stereocenters. The Bertz CT molecular complexity index is 1150. The van der Waals surface area contributed by atoms with E-state index in [1.165, 1.54) is 43.1 Å². The van der Waals surface area contributed by atoms with Crippen molar-refractivity contribution < 1.29 is 23.8 Å². The van der Waals surface area contributed by atoms with Crippen molar-refractivity contribution in [2.45, 2.75) is 19.9 Å². The lowest BCUT2D eigenvalue weighted by atomic mass is 10.1. The van der Waals surface area contributed by atoms with E-state index < -0.39 is 17.3 Å². The van der Waals surface area contributed by atoms with Crippen molar-refractivity contribution in [3.05, 3.63) is 69.9 Å². The van der Waals surface area contributed by atoms with Crippen molar-refractivity contribution in [3.8, 4) is 22.9 Å². The molecule has 2 aromatic carbocycles. The standard InChI is InChI=1S/C23H24FN3O5/c1-14-20(8-9-28)23(30)27(22(25-14)15-4-6-16(24)7-5-15)13-21(29)26-17-10-18(31-2)12-19(11-17)32-3/h4-7,10-12,28H,8-9,13H2,1-3H3,(H,26,29). The maximum absolute atomic E-state index is 13.4. The van der Waals surface area contributed by atoms with E-state index in [4.69, 9.17) is 9.47 Å². The third-order valence-corrected chi connectivity index (χ3v) is 4.87. The van der Waals surface area contributed by atoms with Gasteiger partial charge in [-0.05, 0) is 31.2 Å².